The van der Waals surface area contributed by atoms with Crippen LogP contribution < -0.4 is 5.32 Å². The fraction of sp³-hybridized carbons (Fsp3) is 0.300. The minimum Gasteiger partial charge on any atom is -0.324 e. The molecule has 0 radical (unpaired) electrons. The second-order valence-corrected chi connectivity index (χ2v) is 3.92. The molecule has 0 spiro atoms. The number of aldehydes is 1. The van der Waals surface area contributed by atoms with Gasteiger partial charge in [0.2, 0.25) is 5.91 Å². The molecule has 0 saturated heterocycles. The van der Waals surface area contributed by atoms with Gasteiger partial charge in [-0.15, -0.1) is 0 Å². The molecule has 0 bridgehead atoms. The van der Waals surface area contributed by atoms with Gasteiger partial charge < -0.3 is 5.32 Å². The van der Waals surface area contributed by atoms with E-state index in [0.29, 0.717) is 18.4 Å². The molecule has 1 aromatic heterocycles. The van der Waals surface area contributed by atoms with E-state index in [1.54, 1.807) is 6.07 Å². The highest BCUT2D eigenvalue weighted by Crippen LogP contribution is 2.17. The van der Waals surface area contributed by atoms with Crippen LogP contribution in [0.25, 0.3) is 0 Å². The Hall–Kier alpha value is -1.23. The van der Waals surface area contributed by atoms with Gasteiger partial charge in [0.25, 0.3) is 0 Å². The smallest absolute Gasteiger partial charge is 0.224 e. The molecular weight excluding hydrogens is 260 g/mol. The molecular formula is C10H11BrN2O2. The number of aromatic nitrogens is 1. The molecule has 0 fully saturated rings. The molecule has 0 aliphatic heterocycles. The summed E-state index contributed by atoms with van der Waals surface area (Å²) in [5.74, 6) is -0.111. The highest BCUT2D eigenvalue weighted by molar-refractivity contribution is 9.10. The molecule has 0 atom stereocenters. The number of amides is 1. The van der Waals surface area contributed by atoms with E-state index >= 15 is 0 Å². The van der Waals surface area contributed by atoms with Gasteiger partial charge in [0.1, 0.15) is 5.69 Å². The zero-order chi connectivity index (χ0) is 11.3. The predicted molar refractivity (Wildman–Crippen MR) is 60.9 cm³/mol. The molecule has 80 valence electrons. The number of carbonyl (C=O) groups excluding carboxylic acids is 2. The normalized spacial score (nSPS) is 9.73. The van der Waals surface area contributed by atoms with E-state index in [1.165, 1.54) is 6.20 Å². The zero-order valence-corrected chi connectivity index (χ0v) is 9.87. The minimum absolute atomic E-state index is 0.111. The maximum atomic E-state index is 11.3. The van der Waals surface area contributed by atoms with E-state index in [0.717, 1.165) is 10.9 Å². The van der Waals surface area contributed by atoms with Crippen molar-refractivity contribution >= 4 is 33.8 Å². The van der Waals surface area contributed by atoms with Crippen molar-refractivity contribution in [2.75, 3.05) is 5.32 Å². The van der Waals surface area contributed by atoms with Gasteiger partial charge in [0.15, 0.2) is 6.29 Å². The first-order valence-electron chi connectivity index (χ1n) is 4.58. The summed E-state index contributed by atoms with van der Waals surface area (Å²) in [6.07, 6.45) is 3.34. The SMILES string of the molecule is CCCC(=O)Nc1cc(Br)cnc1C=O. The van der Waals surface area contributed by atoms with Crippen LogP contribution in [-0.4, -0.2) is 17.2 Å². The number of halogens is 1. The van der Waals surface area contributed by atoms with Gasteiger partial charge in [-0.1, -0.05) is 6.92 Å². The van der Waals surface area contributed by atoms with Crippen LogP contribution in [0.2, 0.25) is 0 Å². The number of hydrogen-bond donors (Lipinski definition) is 1. The van der Waals surface area contributed by atoms with Crippen LogP contribution in [0.1, 0.15) is 30.3 Å². The number of hydrogen-bond acceptors (Lipinski definition) is 3. The van der Waals surface area contributed by atoms with Gasteiger partial charge in [-0.05, 0) is 28.4 Å². The Kier molecular flexibility index (Phi) is 4.42. The Morgan fingerprint density at radius 1 is 1.67 bits per heavy atom. The summed E-state index contributed by atoms with van der Waals surface area (Å²) in [6.45, 7) is 1.92. The fourth-order valence-corrected chi connectivity index (χ4v) is 1.41. The van der Waals surface area contributed by atoms with E-state index in [2.05, 4.69) is 26.2 Å². The van der Waals surface area contributed by atoms with Crippen LogP contribution >= 0.6 is 15.9 Å². The maximum absolute atomic E-state index is 11.3. The van der Waals surface area contributed by atoms with Crippen molar-refractivity contribution in [3.05, 3.63) is 22.4 Å². The van der Waals surface area contributed by atoms with Gasteiger partial charge in [-0.2, -0.15) is 0 Å². The largest absolute Gasteiger partial charge is 0.324 e. The van der Waals surface area contributed by atoms with Crippen molar-refractivity contribution < 1.29 is 9.59 Å². The molecule has 15 heavy (non-hydrogen) atoms. The second-order valence-electron chi connectivity index (χ2n) is 3.00. The van der Waals surface area contributed by atoms with E-state index in [1.807, 2.05) is 6.92 Å². The predicted octanol–water partition coefficient (Wildman–Crippen LogP) is 2.40. The molecule has 0 aliphatic rings. The third-order valence-electron chi connectivity index (χ3n) is 1.75. The Bertz CT molecular complexity index is 380. The summed E-state index contributed by atoms with van der Waals surface area (Å²) >= 11 is 3.22. The summed E-state index contributed by atoms with van der Waals surface area (Å²) in [7, 11) is 0. The molecule has 1 aromatic rings. The summed E-state index contributed by atoms with van der Waals surface area (Å²) in [5.41, 5.74) is 0.681. The molecule has 1 rings (SSSR count). The second kappa shape index (κ2) is 5.60. The molecule has 1 heterocycles. The van der Waals surface area contributed by atoms with Crippen LogP contribution in [0.3, 0.4) is 0 Å². The standard InChI is InChI=1S/C10H11BrN2O2/c1-2-3-10(15)13-8-4-7(11)5-12-9(8)6-14/h4-6H,2-3H2,1H3,(H,13,15). The van der Waals surface area contributed by atoms with Gasteiger partial charge in [-0.3, -0.25) is 14.6 Å². The maximum Gasteiger partial charge on any atom is 0.224 e. The molecule has 0 saturated carbocycles. The first kappa shape index (κ1) is 11.8. The lowest BCUT2D eigenvalue weighted by Gasteiger charge is -2.06. The van der Waals surface area contributed by atoms with Gasteiger partial charge in [0.05, 0.1) is 5.69 Å². The van der Waals surface area contributed by atoms with Crippen molar-refractivity contribution in [2.24, 2.45) is 0 Å². The highest BCUT2D eigenvalue weighted by atomic mass is 79.9. The molecule has 1 amide bonds. The summed E-state index contributed by atoms with van der Waals surface area (Å²) in [4.78, 5) is 25.9. The van der Waals surface area contributed by atoms with E-state index in [4.69, 9.17) is 0 Å². The summed E-state index contributed by atoms with van der Waals surface area (Å²) in [6, 6.07) is 1.66. The quantitative estimate of drug-likeness (QED) is 0.855. The Labute approximate surface area is 96.2 Å². The fourth-order valence-electron chi connectivity index (χ4n) is 1.08. The lowest BCUT2D eigenvalue weighted by molar-refractivity contribution is -0.116. The van der Waals surface area contributed by atoms with Gasteiger partial charge in [-0.25, -0.2) is 0 Å². The Morgan fingerprint density at radius 3 is 3.00 bits per heavy atom. The zero-order valence-electron chi connectivity index (χ0n) is 8.29. The first-order valence-corrected chi connectivity index (χ1v) is 5.37. The van der Waals surface area contributed by atoms with Crippen LogP contribution in [0.5, 0.6) is 0 Å². The Morgan fingerprint density at radius 2 is 2.40 bits per heavy atom. The lowest BCUT2D eigenvalue weighted by atomic mass is 10.2. The molecule has 0 aliphatic carbocycles. The number of anilines is 1. The third kappa shape index (κ3) is 3.43. The van der Waals surface area contributed by atoms with E-state index in [-0.39, 0.29) is 11.6 Å². The van der Waals surface area contributed by atoms with Crippen molar-refractivity contribution in [3.8, 4) is 0 Å². The Balaban J connectivity index is 2.87. The van der Waals surface area contributed by atoms with Crippen LogP contribution in [0.15, 0.2) is 16.7 Å². The number of nitrogens with zero attached hydrogens (tertiary/aromatic N) is 1. The number of nitrogens with one attached hydrogen (secondary N) is 1. The van der Waals surface area contributed by atoms with Crippen LogP contribution in [0, 0.1) is 0 Å². The lowest BCUT2D eigenvalue weighted by Crippen LogP contribution is -2.12. The van der Waals surface area contributed by atoms with E-state index < -0.39 is 0 Å². The summed E-state index contributed by atoms with van der Waals surface area (Å²) < 4.78 is 0.722. The molecule has 4 nitrogen and oxygen atoms in total. The average Bonchev–Trinajstić information content (AvgIpc) is 2.18. The minimum atomic E-state index is -0.111. The van der Waals surface area contributed by atoms with Gasteiger partial charge >= 0.3 is 0 Å². The van der Waals surface area contributed by atoms with Crippen LogP contribution in [0.4, 0.5) is 5.69 Å². The number of carbonyl (C=O) groups is 2. The highest BCUT2D eigenvalue weighted by Gasteiger charge is 2.07. The monoisotopic (exact) mass is 270 g/mol. The van der Waals surface area contributed by atoms with Crippen molar-refractivity contribution in [1.82, 2.24) is 4.98 Å². The molecule has 5 heteroatoms. The van der Waals surface area contributed by atoms with Crippen molar-refractivity contribution in [1.29, 1.82) is 0 Å². The summed E-state index contributed by atoms with van der Waals surface area (Å²) in [5, 5.41) is 2.64. The molecule has 1 N–H and O–H groups in total. The van der Waals surface area contributed by atoms with Crippen molar-refractivity contribution in [2.45, 2.75) is 19.8 Å². The molecule has 0 aromatic carbocycles. The first-order chi connectivity index (χ1) is 7.17. The third-order valence-corrected chi connectivity index (χ3v) is 2.18. The number of pyridine rings is 1. The molecule has 0 unspecified atom stereocenters. The number of rotatable bonds is 4. The topological polar surface area (TPSA) is 59.1 Å². The average molecular weight is 271 g/mol. The van der Waals surface area contributed by atoms with Crippen LogP contribution in [-0.2, 0) is 4.79 Å². The van der Waals surface area contributed by atoms with Gasteiger partial charge in [0, 0.05) is 17.1 Å². The van der Waals surface area contributed by atoms with E-state index in [9.17, 15) is 9.59 Å². The van der Waals surface area contributed by atoms with Crippen molar-refractivity contribution in [3.63, 3.8) is 0 Å².